The molecular formula is C13H19NO5. The van der Waals surface area contributed by atoms with Gasteiger partial charge in [0, 0.05) is 6.42 Å². The summed E-state index contributed by atoms with van der Waals surface area (Å²) >= 11 is 0. The Bertz CT molecular complexity index is 411. The summed E-state index contributed by atoms with van der Waals surface area (Å²) in [6, 6.07) is 0. The van der Waals surface area contributed by atoms with Crippen molar-refractivity contribution in [2.24, 2.45) is 4.99 Å². The summed E-state index contributed by atoms with van der Waals surface area (Å²) in [4.78, 5) is 25.3. The molecule has 0 fully saturated rings. The summed E-state index contributed by atoms with van der Waals surface area (Å²) in [5.74, 6) is -1.25. The minimum atomic E-state index is -0.987. The summed E-state index contributed by atoms with van der Waals surface area (Å²) < 4.78 is 5.32. The molecule has 0 spiro atoms. The van der Waals surface area contributed by atoms with E-state index < -0.39 is 11.9 Å². The van der Waals surface area contributed by atoms with Crippen molar-refractivity contribution >= 4 is 17.7 Å². The molecule has 6 heteroatoms. The number of aliphatic carboxylic acids is 2. The van der Waals surface area contributed by atoms with E-state index in [9.17, 15) is 9.59 Å². The Kier molecular flexibility index (Phi) is 6.05. The molecule has 1 aliphatic rings. The first-order valence-electron chi connectivity index (χ1n) is 6.28. The van der Waals surface area contributed by atoms with Gasteiger partial charge in [0.2, 0.25) is 0 Å². The first kappa shape index (κ1) is 15.2. The van der Waals surface area contributed by atoms with E-state index in [1.54, 1.807) is 0 Å². The highest BCUT2D eigenvalue weighted by atomic mass is 16.5. The van der Waals surface area contributed by atoms with Crippen molar-refractivity contribution in [1.82, 2.24) is 0 Å². The van der Waals surface area contributed by atoms with Crippen LogP contribution in [0.1, 0.15) is 38.5 Å². The Hall–Kier alpha value is -1.85. The number of hydrogen-bond acceptors (Lipinski definition) is 4. The van der Waals surface area contributed by atoms with Gasteiger partial charge < -0.3 is 14.9 Å². The van der Waals surface area contributed by atoms with Gasteiger partial charge in [0.25, 0.3) is 0 Å². The molecule has 0 aromatic heterocycles. The zero-order valence-corrected chi connectivity index (χ0v) is 11.0. The molecule has 0 aromatic rings. The van der Waals surface area contributed by atoms with Crippen molar-refractivity contribution in [1.29, 1.82) is 0 Å². The van der Waals surface area contributed by atoms with Crippen molar-refractivity contribution in [3.05, 3.63) is 11.3 Å². The molecule has 0 amide bonds. The van der Waals surface area contributed by atoms with Gasteiger partial charge in [0.05, 0.1) is 12.8 Å². The van der Waals surface area contributed by atoms with E-state index in [1.807, 2.05) is 0 Å². The number of ether oxygens (including phenoxy) is 1. The van der Waals surface area contributed by atoms with Crippen LogP contribution in [0.25, 0.3) is 0 Å². The molecular weight excluding hydrogens is 250 g/mol. The molecule has 1 aliphatic carbocycles. The average molecular weight is 269 g/mol. The molecule has 0 saturated carbocycles. The number of nitrogens with zero attached hydrogens (tertiary/aromatic N) is 1. The minimum Gasteiger partial charge on any atom is -0.495 e. The van der Waals surface area contributed by atoms with Gasteiger partial charge in [-0.3, -0.25) is 14.6 Å². The smallest absolute Gasteiger partial charge is 0.325 e. The van der Waals surface area contributed by atoms with Crippen molar-refractivity contribution < 1.29 is 24.5 Å². The van der Waals surface area contributed by atoms with Crippen molar-refractivity contribution in [3.63, 3.8) is 0 Å². The molecule has 2 N–H and O–H groups in total. The summed E-state index contributed by atoms with van der Waals surface area (Å²) in [5.41, 5.74) is 1.56. The third-order valence-electron chi connectivity index (χ3n) is 2.98. The summed E-state index contributed by atoms with van der Waals surface area (Å²) in [7, 11) is 1.51. The van der Waals surface area contributed by atoms with Crippen LogP contribution >= 0.6 is 0 Å². The third-order valence-corrected chi connectivity index (χ3v) is 2.98. The Labute approximate surface area is 111 Å². The molecule has 0 saturated heterocycles. The highest BCUT2D eigenvalue weighted by molar-refractivity contribution is 6.00. The van der Waals surface area contributed by atoms with Crippen LogP contribution in [0.4, 0.5) is 0 Å². The average Bonchev–Trinajstić information content (AvgIpc) is 2.55. The normalized spacial score (nSPS) is 18.3. The maximum absolute atomic E-state index is 10.6. The maximum atomic E-state index is 10.6. The molecule has 1 rings (SSSR count). The van der Waals surface area contributed by atoms with E-state index in [1.165, 1.54) is 7.11 Å². The number of carboxylic acids is 2. The fourth-order valence-corrected chi connectivity index (χ4v) is 2.13. The Morgan fingerprint density at radius 1 is 1.21 bits per heavy atom. The molecule has 19 heavy (non-hydrogen) atoms. The fourth-order valence-electron chi connectivity index (χ4n) is 2.13. The largest absolute Gasteiger partial charge is 0.495 e. The number of aliphatic imine (C=N–C) groups is 1. The molecule has 6 nitrogen and oxygen atoms in total. The van der Waals surface area contributed by atoms with Crippen molar-refractivity contribution in [3.8, 4) is 0 Å². The predicted octanol–water partition coefficient (Wildman–Crippen LogP) is 1.85. The minimum absolute atomic E-state index is 0.0500. The second-order valence-corrected chi connectivity index (χ2v) is 4.39. The van der Waals surface area contributed by atoms with Crippen LogP contribution in [0, 0.1) is 0 Å². The zero-order valence-electron chi connectivity index (χ0n) is 11.0. The summed E-state index contributed by atoms with van der Waals surface area (Å²) in [6.45, 7) is -0.283. The Balaban J connectivity index is 2.93. The third kappa shape index (κ3) is 5.11. The molecule has 0 bridgehead atoms. The van der Waals surface area contributed by atoms with Gasteiger partial charge >= 0.3 is 11.9 Å². The van der Waals surface area contributed by atoms with E-state index in [0.717, 1.165) is 24.8 Å². The number of methoxy groups -OCH3 is 1. The van der Waals surface area contributed by atoms with Gasteiger partial charge in [-0.25, -0.2) is 0 Å². The monoisotopic (exact) mass is 269 g/mol. The molecule has 0 aromatic carbocycles. The molecule has 0 unspecified atom stereocenters. The lowest BCUT2D eigenvalue weighted by atomic mass is 10.0. The van der Waals surface area contributed by atoms with Crippen molar-refractivity contribution in [2.45, 2.75) is 38.5 Å². The van der Waals surface area contributed by atoms with E-state index in [0.29, 0.717) is 24.3 Å². The van der Waals surface area contributed by atoms with Crippen LogP contribution in [0.15, 0.2) is 16.3 Å². The highest BCUT2D eigenvalue weighted by Crippen LogP contribution is 2.26. The van der Waals surface area contributed by atoms with Gasteiger partial charge in [-0.15, -0.1) is 0 Å². The van der Waals surface area contributed by atoms with Crippen LogP contribution in [0.3, 0.4) is 0 Å². The lowest BCUT2D eigenvalue weighted by Gasteiger charge is -2.12. The lowest BCUT2D eigenvalue weighted by Crippen LogP contribution is -2.11. The number of rotatable bonds is 6. The quantitative estimate of drug-likeness (QED) is 0.767. The maximum Gasteiger partial charge on any atom is 0.325 e. The first-order valence-corrected chi connectivity index (χ1v) is 6.28. The van der Waals surface area contributed by atoms with Gasteiger partial charge in [-0.2, -0.15) is 0 Å². The van der Waals surface area contributed by atoms with Gasteiger partial charge in [-0.1, -0.05) is 0 Å². The standard InChI is InChI=1S/C13H19NO5/c1-19-13-9(6-7-11(15)16)4-2-3-5-10(13)14-8-12(17)18/h2-8H2,1H3,(H,15,16)(H,17,18). The van der Waals surface area contributed by atoms with Crippen LogP contribution in [-0.2, 0) is 14.3 Å². The summed E-state index contributed by atoms with van der Waals surface area (Å²) in [6.07, 6.45) is 3.77. The molecule has 0 heterocycles. The van der Waals surface area contributed by atoms with Crippen LogP contribution < -0.4 is 0 Å². The second-order valence-electron chi connectivity index (χ2n) is 4.39. The van der Waals surface area contributed by atoms with Crippen LogP contribution in [-0.4, -0.2) is 41.5 Å². The van der Waals surface area contributed by atoms with E-state index in [2.05, 4.69) is 4.99 Å². The molecule has 0 aliphatic heterocycles. The van der Waals surface area contributed by atoms with Gasteiger partial charge in [0.15, 0.2) is 0 Å². The van der Waals surface area contributed by atoms with Crippen molar-refractivity contribution in [2.75, 3.05) is 13.7 Å². The zero-order chi connectivity index (χ0) is 14.3. The highest BCUT2D eigenvalue weighted by Gasteiger charge is 2.18. The topological polar surface area (TPSA) is 96.2 Å². The Morgan fingerprint density at radius 2 is 1.89 bits per heavy atom. The SMILES string of the molecule is COC1=C(CCC(=O)O)CCCCC1=NCC(=O)O. The van der Waals surface area contributed by atoms with Gasteiger partial charge in [0.1, 0.15) is 12.3 Å². The molecule has 0 atom stereocenters. The lowest BCUT2D eigenvalue weighted by molar-refractivity contribution is -0.137. The van der Waals surface area contributed by atoms with Crippen LogP contribution in [0.5, 0.6) is 0 Å². The predicted molar refractivity (Wildman–Crippen MR) is 69.3 cm³/mol. The fraction of sp³-hybridized carbons (Fsp3) is 0.615. The van der Waals surface area contributed by atoms with Crippen LogP contribution in [0.2, 0.25) is 0 Å². The van der Waals surface area contributed by atoms with Gasteiger partial charge in [-0.05, 0) is 37.7 Å². The number of carbonyl (C=O) groups is 2. The molecule has 0 radical (unpaired) electrons. The number of hydrogen-bond donors (Lipinski definition) is 2. The summed E-state index contributed by atoms with van der Waals surface area (Å²) in [5, 5.41) is 17.4. The second kappa shape index (κ2) is 7.56. The number of carboxylic acid groups (broad SMARTS) is 2. The van der Waals surface area contributed by atoms with E-state index >= 15 is 0 Å². The number of allylic oxidation sites excluding steroid dienone is 2. The first-order chi connectivity index (χ1) is 9.04. The van der Waals surface area contributed by atoms with E-state index in [4.69, 9.17) is 14.9 Å². The van der Waals surface area contributed by atoms with E-state index in [-0.39, 0.29) is 13.0 Å². The Morgan fingerprint density at radius 3 is 2.47 bits per heavy atom. The molecule has 106 valence electrons.